The van der Waals surface area contributed by atoms with Crippen molar-refractivity contribution in [3.05, 3.63) is 0 Å². The number of amides is 1. The van der Waals surface area contributed by atoms with Gasteiger partial charge in [-0.05, 0) is 12.3 Å². The summed E-state index contributed by atoms with van der Waals surface area (Å²) in [5.74, 6) is 0.316. The second-order valence-electron chi connectivity index (χ2n) is 5.33. The normalized spacial score (nSPS) is 22.9. The van der Waals surface area contributed by atoms with Gasteiger partial charge >= 0.3 is 0 Å². The number of hydrogen-bond donors (Lipinski definition) is 1. The topological polar surface area (TPSA) is 32.3 Å². The van der Waals surface area contributed by atoms with Crippen molar-refractivity contribution < 1.29 is 4.79 Å². The Morgan fingerprint density at radius 1 is 1.53 bits per heavy atom. The number of nitrogens with zero attached hydrogens (tertiary/aromatic N) is 1. The molecule has 1 N–H and O–H groups in total. The molecule has 1 aliphatic heterocycles. The predicted molar refractivity (Wildman–Crippen MR) is 62.7 cm³/mol. The molecule has 1 saturated heterocycles. The number of rotatable bonds is 3. The molecule has 0 saturated carbocycles. The van der Waals surface area contributed by atoms with Gasteiger partial charge in [0.1, 0.15) is 0 Å². The number of hydrogen-bond acceptors (Lipinski definition) is 2. The lowest BCUT2D eigenvalue weighted by Crippen LogP contribution is -2.52. The van der Waals surface area contributed by atoms with Crippen LogP contribution in [0.25, 0.3) is 0 Å². The molecule has 0 aromatic rings. The molecule has 88 valence electrons. The van der Waals surface area contributed by atoms with Crippen molar-refractivity contribution in [3.63, 3.8) is 0 Å². The van der Waals surface area contributed by atoms with Crippen molar-refractivity contribution in [1.29, 1.82) is 0 Å². The fourth-order valence-corrected chi connectivity index (χ4v) is 1.85. The highest BCUT2D eigenvalue weighted by molar-refractivity contribution is 5.77. The van der Waals surface area contributed by atoms with E-state index in [1.807, 2.05) is 4.90 Å². The summed E-state index contributed by atoms with van der Waals surface area (Å²) in [6.45, 7) is 11.3. The Bertz CT molecular complexity index is 226. The lowest BCUT2D eigenvalue weighted by atomic mass is 9.86. The first-order valence-electron chi connectivity index (χ1n) is 5.96. The van der Waals surface area contributed by atoms with Crippen molar-refractivity contribution in [2.24, 2.45) is 5.41 Å². The maximum atomic E-state index is 12.1. The Labute approximate surface area is 93.2 Å². The molecule has 0 aromatic carbocycles. The third kappa shape index (κ3) is 3.49. The van der Waals surface area contributed by atoms with Crippen LogP contribution >= 0.6 is 0 Å². The van der Waals surface area contributed by atoms with Gasteiger partial charge in [-0.25, -0.2) is 0 Å². The Morgan fingerprint density at radius 2 is 2.20 bits per heavy atom. The molecule has 1 heterocycles. The summed E-state index contributed by atoms with van der Waals surface area (Å²) in [7, 11) is 0. The Kier molecular flexibility index (Phi) is 4.14. The third-order valence-electron chi connectivity index (χ3n) is 3.41. The molecule has 0 bridgehead atoms. The molecule has 0 spiro atoms. The molecule has 1 rings (SSSR count). The number of carbonyl (C=O) groups is 1. The summed E-state index contributed by atoms with van der Waals surface area (Å²) in [6.07, 6.45) is 1.73. The van der Waals surface area contributed by atoms with Crippen LogP contribution in [0.2, 0.25) is 0 Å². The number of carbonyl (C=O) groups excluding carboxylic acids is 1. The average molecular weight is 212 g/mol. The molecule has 3 nitrogen and oxygen atoms in total. The quantitative estimate of drug-likeness (QED) is 0.771. The third-order valence-corrected chi connectivity index (χ3v) is 3.41. The lowest BCUT2D eigenvalue weighted by molar-refractivity contribution is -0.136. The van der Waals surface area contributed by atoms with Crippen LogP contribution in [0.1, 0.15) is 40.5 Å². The van der Waals surface area contributed by atoms with E-state index >= 15 is 0 Å². The summed E-state index contributed by atoms with van der Waals surface area (Å²) in [6, 6.07) is 0.346. The zero-order chi connectivity index (χ0) is 11.5. The molecule has 1 amide bonds. The van der Waals surface area contributed by atoms with Gasteiger partial charge in [0, 0.05) is 32.1 Å². The van der Waals surface area contributed by atoms with Gasteiger partial charge < -0.3 is 10.2 Å². The minimum absolute atomic E-state index is 0.141. The average Bonchev–Trinajstić information content (AvgIpc) is 2.17. The fraction of sp³-hybridized carbons (Fsp3) is 0.917. The molecular weight excluding hydrogens is 188 g/mol. The Morgan fingerprint density at radius 3 is 2.73 bits per heavy atom. The Hall–Kier alpha value is -0.570. The van der Waals surface area contributed by atoms with Gasteiger partial charge in [-0.1, -0.05) is 27.2 Å². The lowest BCUT2D eigenvalue weighted by Gasteiger charge is -2.36. The van der Waals surface area contributed by atoms with Crippen LogP contribution in [-0.4, -0.2) is 36.5 Å². The molecule has 1 fully saturated rings. The van der Waals surface area contributed by atoms with Gasteiger partial charge in [0.05, 0.1) is 0 Å². The number of piperazine rings is 1. The Balaban J connectivity index is 2.52. The SMILES string of the molecule is CCC(C)(C)CC(=O)N1CCNC[C@@H]1C. The first kappa shape index (κ1) is 12.5. The van der Waals surface area contributed by atoms with Crippen molar-refractivity contribution in [3.8, 4) is 0 Å². The first-order chi connectivity index (χ1) is 6.96. The highest BCUT2D eigenvalue weighted by atomic mass is 16.2. The minimum atomic E-state index is 0.141. The van der Waals surface area contributed by atoms with E-state index in [2.05, 4.69) is 33.0 Å². The van der Waals surface area contributed by atoms with E-state index in [-0.39, 0.29) is 5.41 Å². The van der Waals surface area contributed by atoms with E-state index in [1.165, 1.54) is 0 Å². The van der Waals surface area contributed by atoms with Crippen molar-refractivity contribution in [1.82, 2.24) is 10.2 Å². The second kappa shape index (κ2) is 4.97. The van der Waals surface area contributed by atoms with Crippen LogP contribution in [0.5, 0.6) is 0 Å². The molecule has 1 aliphatic rings. The largest absolute Gasteiger partial charge is 0.337 e. The summed E-state index contributed by atoms with van der Waals surface area (Å²) in [4.78, 5) is 14.1. The van der Waals surface area contributed by atoms with Crippen LogP contribution in [0.3, 0.4) is 0 Å². The molecule has 0 radical (unpaired) electrons. The van der Waals surface area contributed by atoms with Crippen molar-refractivity contribution in [2.45, 2.75) is 46.6 Å². The fourth-order valence-electron chi connectivity index (χ4n) is 1.85. The summed E-state index contributed by atoms with van der Waals surface area (Å²) >= 11 is 0. The van der Waals surface area contributed by atoms with Crippen LogP contribution in [0.4, 0.5) is 0 Å². The standard InChI is InChI=1S/C12H24N2O/c1-5-12(3,4)8-11(15)14-7-6-13-9-10(14)2/h10,13H,5-9H2,1-4H3/t10-/m0/s1. The molecule has 0 unspecified atom stereocenters. The van der Waals surface area contributed by atoms with Gasteiger partial charge in [-0.15, -0.1) is 0 Å². The van der Waals surface area contributed by atoms with Crippen LogP contribution in [0, 0.1) is 5.41 Å². The maximum absolute atomic E-state index is 12.1. The molecule has 0 aromatic heterocycles. The van der Waals surface area contributed by atoms with Gasteiger partial charge in [-0.2, -0.15) is 0 Å². The van der Waals surface area contributed by atoms with E-state index in [0.29, 0.717) is 18.4 Å². The van der Waals surface area contributed by atoms with Gasteiger partial charge in [0.2, 0.25) is 5.91 Å². The van der Waals surface area contributed by atoms with Gasteiger partial charge in [-0.3, -0.25) is 4.79 Å². The summed E-state index contributed by atoms with van der Waals surface area (Å²) in [5, 5.41) is 3.30. The maximum Gasteiger partial charge on any atom is 0.223 e. The van der Waals surface area contributed by atoms with Gasteiger partial charge in [0.15, 0.2) is 0 Å². The van der Waals surface area contributed by atoms with E-state index < -0.39 is 0 Å². The van der Waals surface area contributed by atoms with E-state index in [1.54, 1.807) is 0 Å². The molecule has 15 heavy (non-hydrogen) atoms. The van der Waals surface area contributed by atoms with Gasteiger partial charge in [0.25, 0.3) is 0 Å². The minimum Gasteiger partial charge on any atom is -0.337 e. The molecule has 0 aliphatic carbocycles. The molecule has 3 heteroatoms. The summed E-state index contributed by atoms with van der Waals surface area (Å²) in [5.41, 5.74) is 0.141. The highest BCUT2D eigenvalue weighted by Gasteiger charge is 2.27. The second-order valence-corrected chi connectivity index (χ2v) is 5.33. The monoisotopic (exact) mass is 212 g/mol. The van der Waals surface area contributed by atoms with E-state index in [4.69, 9.17) is 0 Å². The number of nitrogens with one attached hydrogen (secondary N) is 1. The van der Waals surface area contributed by atoms with Crippen LogP contribution in [0.15, 0.2) is 0 Å². The van der Waals surface area contributed by atoms with E-state index in [0.717, 1.165) is 26.1 Å². The van der Waals surface area contributed by atoms with Crippen LogP contribution < -0.4 is 5.32 Å². The molecule has 1 atom stereocenters. The predicted octanol–water partition coefficient (Wildman–Crippen LogP) is 1.63. The highest BCUT2D eigenvalue weighted by Crippen LogP contribution is 2.25. The summed E-state index contributed by atoms with van der Waals surface area (Å²) < 4.78 is 0. The zero-order valence-corrected chi connectivity index (χ0v) is 10.5. The van der Waals surface area contributed by atoms with Crippen molar-refractivity contribution >= 4 is 5.91 Å². The first-order valence-corrected chi connectivity index (χ1v) is 5.96. The smallest absolute Gasteiger partial charge is 0.223 e. The van der Waals surface area contributed by atoms with E-state index in [9.17, 15) is 4.79 Å². The zero-order valence-electron chi connectivity index (χ0n) is 10.5. The van der Waals surface area contributed by atoms with Crippen LogP contribution in [-0.2, 0) is 4.79 Å². The van der Waals surface area contributed by atoms with Crippen molar-refractivity contribution in [2.75, 3.05) is 19.6 Å². The molecular formula is C12H24N2O.